The molecule has 1 fully saturated rings. The topological polar surface area (TPSA) is 32.3 Å². The van der Waals surface area contributed by atoms with Gasteiger partial charge < -0.3 is 10.2 Å². The molecule has 4 heteroatoms. The summed E-state index contributed by atoms with van der Waals surface area (Å²) in [5, 5.41) is 3.03. The number of nitrogens with zero attached hydrogens (tertiary/aromatic N) is 1. The number of hydrogen-bond acceptors (Lipinski definition) is 2. The summed E-state index contributed by atoms with van der Waals surface area (Å²) < 4.78 is 0. The van der Waals surface area contributed by atoms with Gasteiger partial charge in [0.15, 0.2) is 0 Å². The van der Waals surface area contributed by atoms with Crippen molar-refractivity contribution in [3.63, 3.8) is 0 Å². The van der Waals surface area contributed by atoms with E-state index in [1.807, 2.05) is 7.05 Å². The summed E-state index contributed by atoms with van der Waals surface area (Å²) in [7, 11) is 1.89. The number of nitrogens with one attached hydrogen (secondary N) is 1. The third-order valence-electron chi connectivity index (χ3n) is 3.16. The number of amides is 1. The van der Waals surface area contributed by atoms with Gasteiger partial charge in [0.25, 0.3) is 0 Å². The number of likely N-dealkylation sites (tertiary alicyclic amines) is 1. The summed E-state index contributed by atoms with van der Waals surface area (Å²) >= 11 is 0. The molecule has 1 aliphatic heterocycles. The van der Waals surface area contributed by atoms with E-state index in [1.54, 1.807) is 0 Å². The van der Waals surface area contributed by atoms with Gasteiger partial charge in [-0.05, 0) is 32.2 Å². The van der Waals surface area contributed by atoms with Crippen molar-refractivity contribution in [1.29, 1.82) is 0 Å². The van der Waals surface area contributed by atoms with Gasteiger partial charge >= 0.3 is 0 Å². The van der Waals surface area contributed by atoms with Gasteiger partial charge in [-0.25, -0.2) is 0 Å². The van der Waals surface area contributed by atoms with Crippen LogP contribution in [0.4, 0.5) is 0 Å². The highest BCUT2D eigenvalue weighted by Crippen LogP contribution is 2.21. The number of carbonyl (C=O) groups is 1. The van der Waals surface area contributed by atoms with Crippen molar-refractivity contribution in [3.8, 4) is 0 Å². The van der Waals surface area contributed by atoms with Crippen molar-refractivity contribution < 1.29 is 4.79 Å². The predicted octanol–water partition coefficient (Wildman–Crippen LogP) is 2.06. The average Bonchev–Trinajstić information content (AvgIpc) is 2.27. The van der Waals surface area contributed by atoms with Crippen LogP contribution in [0.3, 0.4) is 0 Å². The van der Waals surface area contributed by atoms with Crippen LogP contribution in [0.5, 0.6) is 0 Å². The first kappa shape index (κ1) is 15.7. The summed E-state index contributed by atoms with van der Waals surface area (Å²) in [6.07, 6.45) is 5.66. The van der Waals surface area contributed by atoms with Crippen molar-refractivity contribution in [2.24, 2.45) is 5.92 Å². The highest BCUT2D eigenvalue weighted by Gasteiger charge is 2.22. The number of piperidine rings is 1. The zero-order valence-electron chi connectivity index (χ0n) is 10.5. The summed E-state index contributed by atoms with van der Waals surface area (Å²) in [5.74, 6) is 1.08. The fourth-order valence-electron chi connectivity index (χ4n) is 2.33. The average molecular weight is 249 g/mol. The lowest BCUT2D eigenvalue weighted by molar-refractivity contribution is -0.132. The third-order valence-corrected chi connectivity index (χ3v) is 3.16. The van der Waals surface area contributed by atoms with Crippen LogP contribution in [0.25, 0.3) is 0 Å². The maximum absolute atomic E-state index is 11.8. The molecular weight excluding hydrogens is 224 g/mol. The van der Waals surface area contributed by atoms with E-state index in [4.69, 9.17) is 0 Å². The number of carbonyl (C=O) groups excluding carboxylic acids is 1. The van der Waals surface area contributed by atoms with E-state index in [-0.39, 0.29) is 12.4 Å². The molecule has 0 saturated carbocycles. The Kier molecular flexibility index (Phi) is 8.67. The van der Waals surface area contributed by atoms with Crippen LogP contribution in [0.1, 0.15) is 39.0 Å². The Labute approximate surface area is 105 Å². The number of hydrogen-bond donors (Lipinski definition) is 1. The fourth-order valence-corrected chi connectivity index (χ4v) is 2.33. The SMILES string of the molecule is CCCC1CCCN(C(=O)CCNC)C1.Cl. The van der Waals surface area contributed by atoms with Crippen molar-refractivity contribution in [3.05, 3.63) is 0 Å². The molecule has 16 heavy (non-hydrogen) atoms. The van der Waals surface area contributed by atoms with Crippen molar-refractivity contribution >= 4 is 18.3 Å². The maximum Gasteiger partial charge on any atom is 0.223 e. The van der Waals surface area contributed by atoms with Gasteiger partial charge in [0, 0.05) is 26.1 Å². The minimum Gasteiger partial charge on any atom is -0.342 e. The number of halogens is 1. The standard InChI is InChI=1S/C12H24N2O.ClH/c1-3-5-11-6-4-9-14(10-11)12(15)7-8-13-2;/h11,13H,3-10H2,1-2H3;1H. The zero-order chi connectivity index (χ0) is 11.1. The maximum atomic E-state index is 11.8. The van der Waals surface area contributed by atoms with Crippen LogP contribution in [0, 0.1) is 5.92 Å². The van der Waals surface area contributed by atoms with Crippen LogP contribution in [0.15, 0.2) is 0 Å². The lowest BCUT2D eigenvalue weighted by Crippen LogP contribution is -2.40. The van der Waals surface area contributed by atoms with E-state index in [0.29, 0.717) is 12.3 Å². The molecule has 0 aromatic rings. The number of rotatable bonds is 5. The van der Waals surface area contributed by atoms with Crippen LogP contribution in [-0.4, -0.2) is 37.5 Å². The van der Waals surface area contributed by atoms with E-state index in [9.17, 15) is 4.79 Å². The van der Waals surface area contributed by atoms with Gasteiger partial charge in [0.1, 0.15) is 0 Å². The molecule has 1 N–H and O–H groups in total. The summed E-state index contributed by atoms with van der Waals surface area (Å²) in [4.78, 5) is 13.8. The molecular formula is C12H25ClN2O. The van der Waals surface area contributed by atoms with Gasteiger partial charge in [0.2, 0.25) is 5.91 Å². The van der Waals surface area contributed by atoms with Crippen molar-refractivity contribution in [1.82, 2.24) is 10.2 Å². The van der Waals surface area contributed by atoms with Crippen LogP contribution >= 0.6 is 12.4 Å². The monoisotopic (exact) mass is 248 g/mol. The molecule has 0 aromatic heterocycles. The lowest BCUT2D eigenvalue weighted by atomic mass is 9.93. The largest absolute Gasteiger partial charge is 0.342 e. The van der Waals surface area contributed by atoms with Crippen LogP contribution in [0.2, 0.25) is 0 Å². The van der Waals surface area contributed by atoms with Gasteiger partial charge in [-0.3, -0.25) is 4.79 Å². The molecule has 1 heterocycles. The second kappa shape index (κ2) is 8.82. The Morgan fingerprint density at radius 2 is 2.25 bits per heavy atom. The first-order chi connectivity index (χ1) is 7.27. The highest BCUT2D eigenvalue weighted by molar-refractivity contribution is 5.85. The smallest absolute Gasteiger partial charge is 0.223 e. The van der Waals surface area contributed by atoms with E-state index >= 15 is 0 Å². The molecule has 1 atom stereocenters. The molecule has 0 aliphatic carbocycles. The molecule has 1 saturated heterocycles. The Bertz CT molecular complexity index is 197. The third kappa shape index (κ3) is 5.17. The molecule has 0 bridgehead atoms. The van der Waals surface area contributed by atoms with Crippen LogP contribution < -0.4 is 5.32 Å². The minimum absolute atomic E-state index is 0. The summed E-state index contributed by atoms with van der Waals surface area (Å²) in [6.45, 7) is 4.99. The quantitative estimate of drug-likeness (QED) is 0.808. The van der Waals surface area contributed by atoms with Gasteiger partial charge in [0.05, 0.1) is 0 Å². The molecule has 0 radical (unpaired) electrons. The minimum atomic E-state index is 0. The first-order valence-electron chi connectivity index (χ1n) is 6.20. The highest BCUT2D eigenvalue weighted by atomic mass is 35.5. The van der Waals surface area contributed by atoms with Gasteiger partial charge in [-0.15, -0.1) is 12.4 Å². The molecule has 0 spiro atoms. The summed E-state index contributed by atoms with van der Waals surface area (Å²) in [6, 6.07) is 0. The first-order valence-corrected chi connectivity index (χ1v) is 6.20. The lowest BCUT2D eigenvalue weighted by Gasteiger charge is -2.32. The second-order valence-electron chi connectivity index (χ2n) is 4.49. The Morgan fingerprint density at radius 1 is 1.50 bits per heavy atom. The van der Waals surface area contributed by atoms with Crippen molar-refractivity contribution in [2.45, 2.75) is 39.0 Å². The molecule has 96 valence electrons. The molecule has 1 amide bonds. The molecule has 1 rings (SSSR count). The molecule has 0 aromatic carbocycles. The fraction of sp³-hybridized carbons (Fsp3) is 0.917. The van der Waals surface area contributed by atoms with E-state index in [0.717, 1.165) is 25.6 Å². The van der Waals surface area contributed by atoms with Gasteiger partial charge in [-0.2, -0.15) is 0 Å². The molecule has 1 aliphatic rings. The Hall–Kier alpha value is -0.280. The normalized spacial score (nSPS) is 20.4. The Morgan fingerprint density at radius 3 is 2.88 bits per heavy atom. The van der Waals surface area contributed by atoms with Gasteiger partial charge in [-0.1, -0.05) is 13.3 Å². The Balaban J connectivity index is 0.00000225. The predicted molar refractivity (Wildman–Crippen MR) is 70.0 cm³/mol. The van der Waals surface area contributed by atoms with E-state index < -0.39 is 0 Å². The van der Waals surface area contributed by atoms with Crippen LogP contribution in [-0.2, 0) is 4.79 Å². The van der Waals surface area contributed by atoms with Crippen molar-refractivity contribution in [2.75, 3.05) is 26.7 Å². The van der Waals surface area contributed by atoms with E-state index in [1.165, 1.54) is 25.7 Å². The molecule has 3 nitrogen and oxygen atoms in total. The summed E-state index contributed by atoms with van der Waals surface area (Å²) in [5.41, 5.74) is 0. The van der Waals surface area contributed by atoms with E-state index in [2.05, 4.69) is 17.1 Å². The second-order valence-corrected chi connectivity index (χ2v) is 4.49. The molecule has 1 unspecified atom stereocenters. The zero-order valence-corrected chi connectivity index (χ0v) is 11.3.